The molecule has 0 bridgehead atoms. The van der Waals surface area contributed by atoms with Gasteiger partial charge in [-0.2, -0.15) is 0 Å². The second-order valence-corrected chi connectivity index (χ2v) is 3.63. The molecule has 1 heterocycles. The number of hydrogen-bond acceptors (Lipinski definition) is 3. The minimum atomic E-state index is 0.323. The molecule has 1 aromatic heterocycles. The first-order chi connectivity index (χ1) is 8.20. The van der Waals surface area contributed by atoms with Gasteiger partial charge in [-0.25, -0.2) is 0 Å². The molecule has 4 heteroatoms. The summed E-state index contributed by atoms with van der Waals surface area (Å²) in [6.45, 7) is 0.323. The molecule has 2 rings (SSSR count). The lowest BCUT2D eigenvalue weighted by Gasteiger charge is -2.08. The molecule has 86 valence electrons. The lowest BCUT2D eigenvalue weighted by molar-refractivity contribution is 0.291. The molecule has 0 atom stereocenters. The number of ether oxygens (including phenoxy) is 1. The minimum Gasteiger partial charge on any atom is -0.472 e. The van der Waals surface area contributed by atoms with Crippen LogP contribution in [-0.4, -0.2) is 9.78 Å². The van der Waals surface area contributed by atoms with Gasteiger partial charge in [0, 0.05) is 36.1 Å². The first-order valence-corrected chi connectivity index (χ1v) is 5.17. The second-order valence-electron chi connectivity index (χ2n) is 3.63. The van der Waals surface area contributed by atoms with Crippen molar-refractivity contribution in [1.82, 2.24) is 9.78 Å². The van der Waals surface area contributed by atoms with Crippen molar-refractivity contribution in [3.8, 4) is 18.2 Å². The number of anilines is 1. The quantitative estimate of drug-likeness (QED) is 0.639. The van der Waals surface area contributed by atoms with Gasteiger partial charge in [-0.05, 0) is 12.1 Å². The van der Waals surface area contributed by atoms with Crippen LogP contribution < -0.4 is 10.5 Å². The van der Waals surface area contributed by atoms with E-state index >= 15 is 0 Å². The van der Waals surface area contributed by atoms with Gasteiger partial charge in [-0.3, -0.25) is 4.68 Å². The Kier molecular flexibility index (Phi) is 3.01. The Morgan fingerprint density at radius 1 is 1.47 bits per heavy atom. The lowest BCUT2D eigenvalue weighted by atomic mass is 10.1. The van der Waals surface area contributed by atoms with E-state index in [1.165, 1.54) is 0 Å². The molecule has 2 N–H and O–H groups in total. The molecule has 0 aliphatic heterocycles. The van der Waals surface area contributed by atoms with E-state index in [1.54, 1.807) is 16.8 Å². The fourth-order valence-electron chi connectivity index (χ4n) is 1.52. The molecule has 0 radical (unpaired) electrons. The Morgan fingerprint density at radius 2 is 2.29 bits per heavy atom. The van der Waals surface area contributed by atoms with Crippen molar-refractivity contribution in [2.45, 2.75) is 6.61 Å². The monoisotopic (exact) mass is 227 g/mol. The van der Waals surface area contributed by atoms with Crippen LogP contribution in [0.1, 0.15) is 11.1 Å². The predicted octanol–water partition coefficient (Wildman–Crippen LogP) is 1.56. The molecular formula is C13H13N3O. The van der Waals surface area contributed by atoms with Gasteiger partial charge in [-0.15, -0.1) is 11.5 Å². The van der Waals surface area contributed by atoms with E-state index in [4.69, 9.17) is 16.9 Å². The topological polar surface area (TPSA) is 53.1 Å². The molecule has 0 spiro atoms. The van der Waals surface area contributed by atoms with Gasteiger partial charge < -0.3 is 10.5 Å². The van der Waals surface area contributed by atoms with Gasteiger partial charge >= 0.3 is 0 Å². The lowest BCUT2D eigenvalue weighted by Crippen LogP contribution is -2.03. The van der Waals surface area contributed by atoms with Gasteiger partial charge in [-0.1, -0.05) is 12.0 Å². The molecule has 1 aromatic carbocycles. The highest BCUT2D eigenvalue weighted by atomic mass is 16.5. The van der Waals surface area contributed by atoms with Gasteiger partial charge in [0.05, 0.1) is 0 Å². The van der Waals surface area contributed by atoms with Crippen molar-refractivity contribution in [1.29, 1.82) is 0 Å². The highest BCUT2D eigenvalue weighted by Gasteiger charge is 2.06. The summed E-state index contributed by atoms with van der Waals surface area (Å²) in [6.07, 6.45) is 7.22. The zero-order valence-corrected chi connectivity index (χ0v) is 9.55. The summed E-state index contributed by atoms with van der Waals surface area (Å²) in [4.78, 5) is 0. The van der Waals surface area contributed by atoms with Crippen molar-refractivity contribution >= 4 is 5.69 Å². The Hall–Kier alpha value is -2.41. The molecule has 0 saturated heterocycles. The van der Waals surface area contributed by atoms with Crippen LogP contribution in [0.5, 0.6) is 5.88 Å². The van der Waals surface area contributed by atoms with Crippen LogP contribution in [-0.2, 0) is 13.7 Å². The molecule has 0 amide bonds. The van der Waals surface area contributed by atoms with Crippen molar-refractivity contribution in [2.24, 2.45) is 7.05 Å². The molecule has 2 aromatic rings. The Morgan fingerprint density at radius 3 is 2.94 bits per heavy atom. The Labute approximate surface area is 100 Å². The van der Waals surface area contributed by atoms with Crippen LogP contribution >= 0.6 is 0 Å². The van der Waals surface area contributed by atoms with E-state index in [9.17, 15) is 0 Å². The van der Waals surface area contributed by atoms with E-state index in [0.29, 0.717) is 18.2 Å². The number of benzene rings is 1. The van der Waals surface area contributed by atoms with E-state index in [0.717, 1.165) is 11.1 Å². The Bertz CT molecular complexity index is 566. The van der Waals surface area contributed by atoms with E-state index < -0.39 is 0 Å². The minimum absolute atomic E-state index is 0.323. The average molecular weight is 227 g/mol. The molecule has 0 aliphatic carbocycles. The van der Waals surface area contributed by atoms with E-state index in [1.807, 2.05) is 25.4 Å². The van der Waals surface area contributed by atoms with Crippen molar-refractivity contribution in [2.75, 3.05) is 5.73 Å². The smallest absolute Gasteiger partial charge is 0.233 e. The summed E-state index contributed by atoms with van der Waals surface area (Å²) < 4.78 is 7.20. The van der Waals surface area contributed by atoms with Gasteiger partial charge in [0.25, 0.3) is 0 Å². The van der Waals surface area contributed by atoms with E-state index in [2.05, 4.69) is 11.0 Å². The third-order valence-corrected chi connectivity index (χ3v) is 2.42. The zero-order valence-electron chi connectivity index (χ0n) is 9.55. The average Bonchev–Trinajstić information content (AvgIpc) is 2.73. The molecular weight excluding hydrogens is 214 g/mol. The number of rotatable bonds is 3. The largest absolute Gasteiger partial charge is 0.472 e. The van der Waals surface area contributed by atoms with E-state index in [-0.39, 0.29) is 0 Å². The summed E-state index contributed by atoms with van der Waals surface area (Å²) in [7, 11) is 1.83. The second kappa shape index (κ2) is 4.62. The summed E-state index contributed by atoms with van der Waals surface area (Å²) in [5.74, 6) is 3.15. The zero-order chi connectivity index (χ0) is 12.3. The fourth-order valence-corrected chi connectivity index (χ4v) is 1.52. The maximum absolute atomic E-state index is 5.87. The fraction of sp³-hybridized carbons (Fsp3) is 0.154. The third kappa shape index (κ3) is 2.40. The third-order valence-electron chi connectivity index (χ3n) is 2.42. The highest BCUT2D eigenvalue weighted by molar-refractivity contribution is 5.55. The number of hydrogen-bond donors (Lipinski definition) is 1. The van der Waals surface area contributed by atoms with Gasteiger partial charge in [0.1, 0.15) is 6.61 Å². The normalized spacial score (nSPS) is 9.88. The van der Waals surface area contributed by atoms with Crippen LogP contribution in [0.25, 0.3) is 0 Å². The van der Waals surface area contributed by atoms with Crippen LogP contribution in [0.2, 0.25) is 0 Å². The van der Waals surface area contributed by atoms with Crippen LogP contribution in [0.4, 0.5) is 5.69 Å². The van der Waals surface area contributed by atoms with Crippen LogP contribution in [0, 0.1) is 12.3 Å². The number of nitrogens with zero attached hydrogens (tertiary/aromatic N) is 2. The number of nitrogens with two attached hydrogens (primary N) is 1. The maximum atomic E-state index is 5.87. The van der Waals surface area contributed by atoms with Crippen LogP contribution in [0.3, 0.4) is 0 Å². The first kappa shape index (κ1) is 11.1. The summed E-state index contributed by atoms with van der Waals surface area (Å²) >= 11 is 0. The summed E-state index contributed by atoms with van der Waals surface area (Å²) in [5.41, 5.74) is 8.07. The molecule has 0 unspecified atom stereocenters. The van der Waals surface area contributed by atoms with Crippen molar-refractivity contribution in [3.05, 3.63) is 41.6 Å². The van der Waals surface area contributed by atoms with Crippen LogP contribution in [0.15, 0.2) is 30.5 Å². The molecule has 4 nitrogen and oxygen atoms in total. The summed E-state index contributed by atoms with van der Waals surface area (Å²) in [5, 5.41) is 4.11. The summed E-state index contributed by atoms with van der Waals surface area (Å²) in [6, 6.07) is 7.26. The molecule has 0 aliphatic rings. The van der Waals surface area contributed by atoms with Crippen molar-refractivity contribution < 1.29 is 4.74 Å². The maximum Gasteiger partial charge on any atom is 0.233 e. The number of aromatic nitrogens is 2. The standard InChI is InChI=1S/C13H13N3O/c1-3-10-5-4-6-12(14)11(10)9-17-13-7-8-16(2)15-13/h1,4-8H,9,14H2,2H3. The number of aryl methyl sites for hydroxylation is 1. The molecule has 0 fully saturated rings. The predicted molar refractivity (Wildman–Crippen MR) is 66.3 cm³/mol. The molecule has 17 heavy (non-hydrogen) atoms. The van der Waals surface area contributed by atoms with Crippen molar-refractivity contribution in [3.63, 3.8) is 0 Å². The van der Waals surface area contributed by atoms with Gasteiger partial charge in [0.15, 0.2) is 0 Å². The number of nitrogen functional groups attached to an aromatic ring is 1. The SMILES string of the molecule is C#Cc1cccc(N)c1COc1ccn(C)n1. The van der Waals surface area contributed by atoms with Gasteiger partial charge in [0.2, 0.25) is 5.88 Å². The highest BCUT2D eigenvalue weighted by Crippen LogP contribution is 2.18. The molecule has 0 saturated carbocycles. The Balaban J connectivity index is 2.17. The first-order valence-electron chi connectivity index (χ1n) is 5.17. The number of terminal acetylenes is 1.